The van der Waals surface area contributed by atoms with Gasteiger partial charge in [-0.3, -0.25) is 9.59 Å². The van der Waals surface area contributed by atoms with Crippen molar-refractivity contribution < 1.29 is 19.4 Å². The molecule has 34 heavy (non-hydrogen) atoms. The zero-order chi connectivity index (χ0) is 25.0. The molecule has 0 saturated carbocycles. The summed E-state index contributed by atoms with van der Waals surface area (Å²) in [6.45, 7) is 5.76. The molecule has 1 atom stereocenters. The smallest absolute Gasteiger partial charge is 0.295 e. The fourth-order valence-electron chi connectivity index (χ4n) is 3.85. The standard InChI is InChI=1S/C26H30Cl2N2O4/c1-16(2)15-34-19-8-5-7-17(13-19)23-22(24(31)18-9-10-20(27)21(28)14-18)25(32)26(33)30(23)12-6-11-29(3)4/h5,7-10,13-14,16,23,31H,6,11-12,15H2,1-4H3/b24-22-. The van der Waals surface area contributed by atoms with Crippen molar-refractivity contribution in [3.05, 3.63) is 69.2 Å². The number of carbonyl (C=O) groups excluding carboxylic acids is 2. The van der Waals surface area contributed by atoms with E-state index in [9.17, 15) is 14.7 Å². The van der Waals surface area contributed by atoms with Crippen LogP contribution in [0.3, 0.4) is 0 Å². The summed E-state index contributed by atoms with van der Waals surface area (Å²) in [4.78, 5) is 29.8. The number of benzene rings is 2. The van der Waals surface area contributed by atoms with Gasteiger partial charge in [-0.2, -0.15) is 0 Å². The molecule has 2 aromatic carbocycles. The largest absolute Gasteiger partial charge is 0.507 e. The highest BCUT2D eigenvalue weighted by Crippen LogP contribution is 2.41. The summed E-state index contributed by atoms with van der Waals surface area (Å²) < 4.78 is 5.87. The van der Waals surface area contributed by atoms with E-state index < -0.39 is 17.7 Å². The number of aliphatic hydroxyl groups excluding tert-OH is 1. The number of aliphatic hydroxyl groups is 1. The lowest BCUT2D eigenvalue weighted by Crippen LogP contribution is -2.32. The number of carbonyl (C=O) groups is 2. The normalized spacial score (nSPS) is 17.8. The average molecular weight is 505 g/mol. The first-order valence-corrected chi connectivity index (χ1v) is 12.0. The van der Waals surface area contributed by atoms with E-state index in [1.807, 2.05) is 43.3 Å². The van der Waals surface area contributed by atoms with Gasteiger partial charge >= 0.3 is 0 Å². The molecule has 0 aliphatic carbocycles. The molecule has 1 heterocycles. The van der Waals surface area contributed by atoms with E-state index in [2.05, 4.69) is 13.8 Å². The molecule has 1 N–H and O–H groups in total. The minimum absolute atomic E-state index is 0.0225. The average Bonchev–Trinajstić information content (AvgIpc) is 3.04. The van der Waals surface area contributed by atoms with Gasteiger partial charge in [0.1, 0.15) is 11.5 Å². The van der Waals surface area contributed by atoms with Gasteiger partial charge in [0.25, 0.3) is 11.7 Å². The van der Waals surface area contributed by atoms with Crippen LogP contribution in [0.1, 0.15) is 37.4 Å². The van der Waals surface area contributed by atoms with Crippen molar-refractivity contribution in [3.8, 4) is 5.75 Å². The fourth-order valence-corrected chi connectivity index (χ4v) is 4.15. The highest BCUT2D eigenvalue weighted by atomic mass is 35.5. The Kier molecular flexibility index (Phi) is 8.63. The van der Waals surface area contributed by atoms with E-state index in [4.69, 9.17) is 27.9 Å². The second-order valence-corrected chi connectivity index (χ2v) is 9.87. The predicted octanol–water partition coefficient (Wildman–Crippen LogP) is 5.40. The van der Waals surface area contributed by atoms with Crippen molar-refractivity contribution in [1.82, 2.24) is 9.80 Å². The lowest BCUT2D eigenvalue weighted by Gasteiger charge is -2.26. The van der Waals surface area contributed by atoms with E-state index >= 15 is 0 Å². The maximum Gasteiger partial charge on any atom is 0.295 e. The van der Waals surface area contributed by atoms with E-state index in [1.165, 1.54) is 11.0 Å². The molecule has 8 heteroatoms. The summed E-state index contributed by atoms with van der Waals surface area (Å²) in [5.41, 5.74) is 1.03. The number of rotatable bonds is 9. The Hall–Kier alpha value is -2.54. The molecular formula is C26H30Cl2N2O4. The molecule has 1 aliphatic rings. The van der Waals surface area contributed by atoms with Gasteiger partial charge in [0.2, 0.25) is 0 Å². The quantitative estimate of drug-likeness (QED) is 0.281. The van der Waals surface area contributed by atoms with Crippen molar-refractivity contribution in [2.75, 3.05) is 33.8 Å². The van der Waals surface area contributed by atoms with E-state index in [0.717, 1.165) is 6.54 Å². The van der Waals surface area contributed by atoms with Crippen LogP contribution in [0.4, 0.5) is 0 Å². The Bertz CT molecular complexity index is 1100. The van der Waals surface area contributed by atoms with Gasteiger partial charge in [-0.15, -0.1) is 0 Å². The van der Waals surface area contributed by atoms with Gasteiger partial charge in [-0.25, -0.2) is 0 Å². The Balaban J connectivity index is 2.09. The molecule has 2 aromatic rings. The van der Waals surface area contributed by atoms with Crippen LogP contribution in [0.2, 0.25) is 10.0 Å². The first-order chi connectivity index (χ1) is 16.1. The second kappa shape index (κ2) is 11.3. The molecule has 182 valence electrons. The third-order valence-corrected chi connectivity index (χ3v) is 6.23. The van der Waals surface area contributed by atoms with Crippen LogP contribution in [-0.4, -0.2) is 60.4 Å². The molecule has 1 fully saturated rings. The number of hydrogen-bond donors (Lipinski definition) is 1. The Labute approximate surface area is 210 Å². The molecule has 0 spiro atoms. The molecule has 6 nitrogen and oxygen atoms in total. The van der Waals surface area contributed by atoms with E-state index in [0.29, 0.717) is 47.4 Å². The van der Waals surface area contributed by atoms with Crippen LogP contribution in [0.5, 0.6) is 5.75 Å². The molecule has 1 saturated heterocycles. The summed E-state index contributed by atoms with van der Waals surface area (Å²) in [7, 11) is 3.90. The first kappa shape index (κ1) is 26.1. The van der Waals surface area contributed by atoms with Crippen molar-refractivity contribution in [2.45, 2.75) is 26.3 Å². The SMILES string of the molecule is CC(C)COc1cccc(C2/C(=C(/O)c3ccc(Cl)c(Cl)c3)C(=O)C(=O)N2CCCN(C)C)c1. The molecular weight excluding hydrogens is 475 g/mol. The number of ether oxygens (including phenoxy) is 1. The number of amides is 1. The number of halogens is 2. The van der Waals surface area contributed by atoms with E-state index in [1.54, 1.807) is 12.1 Å². The summed E-state index contributed by atoms with van der Waals surface area (Å²) in [6.07, 6.45) is 0.673. The van der Waals surface area contributed by atoms with Crippen LogP contribution >= 0.6 is 23.2 Å². The van der Waals surface area contributed by atoms with Gasteiger partial charge in [-0.05, 0) is 68.9 Å². The third-order valence-electron chi connectivity index (χ3n) is 5.49. The van der Waals surface area contributed by atoms with Gasteiger partial charge < -0.3 is 19.6 Å². The van der Waals surface area contributed by atoms with Crippen molar-refractivity contribution in [2.24, 2.45) is 5.92 Å². The predicted molar refractivity (Wildman–Crippen MR) is 135 cm³/mol. The minimum Gasteiger partial charge on any atom is -0.507 e. The maximum absolute atomic E-state index is 13.2. The van der Waals surface area contributed by atoms with Gasteiger partial charge in [-0.1, -0.05) is 49.2 Å². The monoisotopic (exact) mass is 504 g/mol. The van der Waals surface area contributed by atoms with Crippen LogP contribution in [-0.2, 0) is 9.59 Å². The third kappa shape index (κ3) is 5.93. The van der Waals surface area contributed by atoms with Crippen molar-refractivity contribution >= 4 is 40.7 Å². The zero-order valence-corrected chi connectivity index (χ0v) is 21.4. The lowest BCUT2D eigenvalue weighted by molar-refractivity contribution is -0.139. The lowest BCUT2D eigenvalue weighted by atomic mass is 9.95. The Morgan fingerprint density at radius 1 is 1.12 bits per heavy atom. The number of hydrogen-bond acceptors (Lipinski definition) is 5. The van der Waals surface area contributed by atoms with Crippen LogP contribution in [0.15, 0.2) is 48.0 Å². The van der Waals surface area contributed by atoms with Crippen molar-refractivity contribution in [3.63, 3.8) is 0 Å². The summed E-state index contributed by atoms with van der Waals surface area (Å²) in [6, 6.07) is 11.2. The molecule has 0 aromatic heterocycles. The summed E-state index contributed by atoms with van der Waals surface area (Å²) in [5.74, 6) is -0.675. The Morgan fingerprint density at radius 3 is 2.50 bits per heavy atom. The number of likely N-dealkylation sites (tertiary alicyclic amines) is 1. The highest BCUT2D eigenvalue weighted by Gasteiger charge is 2.46. The minimum atomic E-state index is -0.751. The maximum atomic E-state index is 13.2. The second-order valence-electron chi connectivity index (χ2n) is 9.06. The fraction of sp³-hybridized carbons (Fsp3) is 0.385. The van der Waals surface area contributed by atoms with E-state index in [-0.39, 0.29) is 16.4 Å². The molecule has 1 aliphatic heterocycles. The molecule has 0 radical (unpaired) electrons. The Morgan fingerprint density at radius 2 is 1.85 bits per heavy atom. The number of ketones is 1. The highest BCUT2D eigenvalue weighted by molar-refractivity contribution is 6.46. The van der Waals surface area contributed by atoms with Crippen LogP contribution in [0.25, 0.3) is 5.76 Å². The zero-order valence-electron chi connectivity index (χ0n) is 19.8. The van der Waals surface area contributed by atoms with Gasteiger partial charge in [0, 0.05) is 12.1 Å². The number of nitrogens with zero attached hydrogens (tertiary/aromatic N) is 2. The molecule has 0 bridgehead atoms. The van der Waals surface area contributed by atoms with Gasteiger partial charge in [0.05, 0.1) is 28.3 Å². The molecule has 1 amide bonds. The first-order valence-electron chi connectivity index (χ1n) is 11.2. The van der Waals surface area contributed by atoms with Crippen LogP contribution in [0, 0.1) is 5.92 Å². The topological polar surface area (TPSA) is 70.1 Å². The summed E-state index contributed by atoms with van der Waals surface area (Å²) in [5, 5.41) is 11.7. The van der Waals surface area contributed by atoms with Crippen molar-refractivity contribution in [1.29, 1.82) is 0 Å². The van der Waals surface area contributed by atoms with Gasteiger partial charge in [0.15, 0.2) is 0 Å². The molecule has 1 unspecified atom stereocenters. The number of Topliss-reactive ketones (excluding diaryl/α,β-unsaturated/α-hetero) is 1. The van der Waals surface area contributed by atoms with Crippen LogP contribution < -0.4 is 4.74 Å². The summed E-state index contributed by atoms with van der Waals surface area (Å²) >= 11 is 12.2. The molecule has 3 rings (SSSR count).